The second kappa shape index (κ2) is 10.5. The molecule has 4 aromatic rings. The Kier molecular flexibility index (Phi) is 6.86. The molecular formula is C28H27FN6O3S. The molecule has 2 aromatic heterocycles. The highest BCUT2D eigenvalue weighted by atomic mass is 32.1. The fraction of sp³-hybridized carbons (Fsp3) is 0.357. The van der Waals surface area contributed by atoms with E-state index in [-0.39, 0.29) is 23.7 Å². The van der Waals surface area contributed by atoms with Gasteiger partial charge < -0.3 is 20.5 Å². The number of carbonyl (C=O) groups excluding carboxylic acids is 1. The Balaban J connectivity index is 1.42. The number of aliphatic hydroxyl groups is 1. The highest BCUT2D eigenvalue weighted by molar-refractivity contribution is 7.18. The molecule has 0 aliphatic carbocycles. The summed E-state index contributed by atoms with van der Waals surface area (Å²) in [6, 6.07) is 11.6. The minimum absolute atomic E-state index is 0.0463. The van der Waals surface area contributed by atoms with Crippen LogP contribution in [-0.4, -0.2) is 69.4 Å². The predicted octanol–water partition coefficient (Wildman–Crippen LogP) is 4.40. The number of carbonyl (C=O) groups is 1. The number of hydrogen-bond donors (Lipinski definition) is 2. The van der Waals surface area contributed by atoms with Crippen LogP contribution in [0.1, 0.15) is 35.0 Å². The smallest absolute Gasteiger partial charge is 0.264 e. The molecule has 0 spiro atoms. The van der Waals surface area contributed by atoms with Gasteiger partial charge in [0.05, 0.1) is 29.7 Å². The zero-order valence-corrected chi connectivity index (χ0v) is 21.9. The summed E-state index contributed by atoms with van der Waals surface area (Å²) in [7, 11) is 0. The van der Waals surface area contributed by atoms with E-state index in [9.17, 15) is 14.3 Å². The van der Waals surface area contributed by atoms with E-state index in [0.717, 1.165) is 28.8 Å². The molecule has 3 N–H and O–H groups in total. The normalized spacial score (nSPS) is 21.7. The summed E-state index contributed by atoms with van der Waals surface area (Å²) in [6.07, 6.45) is 1.71. The first-order valence-corrected chi connectivity index (χ1v) is 13.7. The van der Waals surface area contributed by atoms with Gasteiger partial charge in [-0.05, 0) is 54.7 Å². The average molecular weight is 547 g/mol. The lowest BCUT2D eigenvalue weighted by molar-refractivity contribution is -0.0321. The number of nitrogens with two attached hydrogens (primary N) is 1. The van der Waals surface area contributed by atoms with Crippen molar-refractivity contribution in [1.82, 2.24) is 19.9 Å². The molecule has 0 bridgehead atoms. The maximum atomic E-state index is 14.6. The Morgan fingerprint density at radius 2 is 2.05 bits per heavy atom. The van der Waals surface area contributed by atoms with Crippen molar-refractivity contribution in [1.29, 1.82) is 0 Å². The molecule has 2 fully saturated rings. The molecule has 1 amide bonds. The lowest BCUT2D eigenvalue weighted by Gasteiger charge is -2.30. The fourth-order valence-corrected chi connectivity index (χ4v) is 6.46. The number of amides is 1. The van der Waals surface area contributed by atoms with E-state index in [0.29, 0.717) is 54.2 Å². The molecule has 0 saturated carbocycles. The van der Waals surface area contributed by atoms with E-state index in [1.54, 1.807) is 21.7 Å². The summed E-state index contributed by atoms with van der Waals surface area (Å²) >= 11 is 1.34. The minimum atomic E-state index is -0.610. The molecule has 9 nitrogen and oxygen atoms in total. The molecule has 2 aromatic carbocycles. The average Bonchev–Trinajstić information content (AvgIpc) is 3.57. The molecule has 0 unspecified atom stereocenters. The minimum Gasteiger partial charge on any atom is -0.391 e. The van der Waals surface area contributed by atoms with Gasteiger partial charge in [-0.25, -0.2) is 13.9 Å². The van der Waals surface area contributed by atoms with Crippen LogP contribution in [0.4, 0.5) is 10.1 Å². The topological polar surface area (TPSA) is 111 Å². The third-order valence-electron chi connectivity index (χ3n) is 7.41. The van der Waals surface area contributed by atoms with Crippen LogP contribution in [0.15, 0.2) is 42.5 Å². The van der Waals surface area contributed by atoms with Gasteiger partial charge in [0.15, 0.2) is 0 Å². The van der Waals surface area contributed by atoms with Crippen molar-refractivity contribution in [2.75, 3.05) is 26.3 Å². The lowest BCUT2D eigenvalue weighted by atomic mass is 10.0. The molecule has 3 atom stereocenters. The molecule has 2 saturated heterocycles. The summed E-state index contributed by atoms with van der Waals surface area (Å²) in [5.74, 6) is -0.708. The molecule has 0 radical (unpaired) electrons. The van der Waals surface area contributed by atoms with Crippen molar-refractivity contribution in [3.63, 3.8) is 0 Å². The van der Waals surface area contributed by atoms with Gasteiger partial charge in [0.1, 0.15) is 17.4 Å². The number of hydrogen-bond acceptors (Lipinski definition) is 7. The summed E-state index contributed by atoms with van der Waals surface area (Å²) < 4.78 is 21.9. The number of aliphatic hydroxyl groups excluding tert-OH is 1. The maximum absolute atomic E-state index is 14.6. The van der Waals surface area contributed by atoms with Crippen LogP contribution in [0.5, 0.6) is 0 Å². The lowest BCUT2D eigenvalue weighted by Crippen LogP contribution is -2.45. The van der Waals surface area contributed by atoms with Crippen LogP contribution < -0.4 is 5.73 Å². The Morgan fingerprint density at radius 1 is 1.21 bits per heavy atom. The van der Waals surface area contributed by atoms with E-state index < -0.39 is 11.9 Å². The predicted molar refractivity (Wildman–Crippen MR) is 146 cm³/mol. The number of fused-ring (bicyclic) bond motifs is 1. The highest BCUT2D eigenvalue weighted by Crippen LogP contribution is 2.42. The van der Waals surface area contributed by atoms with Crippen LogP contribution in [0.2, 0.25) is 0 Å². The Bertz CT molecular complexity index is 1590. The summed E-state index contributed by atoms with van der Waals surface area (Å²) in [5.41, 5.74) is 9.54. The SMILES string of the molecule is [C-]#[N+]c1ccc(-c2cc(C(=O)N3CCC[C@@H](N)C3)sc2-c2ccc3c(c2)nnn3[C@H]2COCC[C@@H]2O)cc1F. The third kappa shape index (κ3) is 4.81. The quantitative estimate of drug-likeness (QED) is 0.367. The van der Waals surface area contributed by atoms with Gasteiger partial charge >= 0.3 is 0 Å². The van der Waals surface area contributed by atoms with Gasteiger partial charge in [-0.3, -0.25) is 4.79 Å². The number of likely N-dealkylation sites (tertiary alicyclic amines) is 1. The highest BCUT2D eigenvalue weighted by Gasteiger charge is 2.29. The number of benzene rings is 2. The summed E-state index contributed by atoms with van der Waals surface area (Å²) in [6.45, 7) is 9.20. The van der Waals surface area contributed by atoms with Gasteiger partial charge in [0, 0.05) is 36.2 Å². The molecule has 4 heterocycles. The number of halogens is 1. The van der Waals surface area contributed by atoms with Crippen LogP contribution in [0.25, 0.3) is 37.4 Å². The summed E-state index contributed by atoms with van der Waals surface area (Å²) in [5, 5.41) is 19.1. The monoisotopic (exact) mass is 546 g/mol. The largest absolute Gasteiger partial charge is 0.391 e. The molecule has 6 rings (SSSR count). The van der Waals surface area contributed by atoms with Crippen molar-refractivity contribution in [3.8, 4) is 21.6 Å². The second-order valence-corrected chi connectivity index (χ2v) is 11.1. The van der Waals surface area contributed by atoms with Gasteiger partial charge in [-0.15, -0.1) is 16.4 Å². The first-order chi connectivity index (χ1) is 18.9. The fourth-order valence-electron chi connectivity index (χ4n) is 5.31. The molecule has 39 heavy (non-hydrogen) atoms. The first kappa shape index (κ1) is 25.6. The first-order valence-electron chi connectivity index (χ1n) is 12.9. The molecule has 200 valence electrons. The number of ether oxygens (including phenoxy) is 1. The Morgan fingerprint density at radius 3 is 2.82 bits per heavy atom. The van der Waals surface area contributed by atoms with Crippen molar-refractivity contribution in [3.05, 3.63) is 64.6 Å². The number of nitrogens with zero attached hydrogens (tertiary/aromatic N) is 5. The molecule has 2 aliphatic heterocycles. The number of piperidine rings is 1. The zero-order valence-electron chi connectivity index (χ0n) is 21.1. The van der Waals surface area contributed by atoms with Crippen LogP contribution >= 0.6 is 11.3 Å². The van der Waals surface area contributed by atoms with Gasteiger partial charge in [-0.1, -0.05) is 23.4 Å². The number of rotatable bonds is 4. The second-order valence-electron chi connectivity index (χ2n) is 10.0. The molecule has 11 heteroatoms. The number of aromatic nitrogens is 3. The van der Waals surface area contributed by atoms with Crippen LogP contribution in [0.3, 0.4) is 0 Å². The van der Waals surface area contributed by atoms with E-state index in [2.05, 4.69) is 15.2 Å². The van der Waals surface area contributed by atoms with Crippen molar-refractivity contribution in [2.45, 2.75) is 37.5 Å². The van der Waals surface area contributed by atoms with E-state index >= 15 is 0 Å². The van der Waals surface area contributed by atoms with Gasteiger partial charge in [-0.2, -0.15) is 0 Å². The van der Waals surface area contributed by atoms with E-state index in [1.807, 2.05) is 18.2 Å². The van der Waals surface area contributed by atoms with E-state index in [4.69, 9.17) is 17.0 Å². The zero-order chi connectivity index (χ0) is 27.1. The van der Waals surface area contributed by atoms with Gasteiger partial charge in [0.2, 0.25) is 5.69 Å². The van der Waals surface area contributed by atoms with Gasteiger partial charge in [0.25, 0.3) is 5.91 Å². The summed E-state index contributed by atoms with van der Waals surface area (Å²) in [4.78, 5) is 19.8. The molecule has 2 aliphatic rings. The Hall–Kier alpha value is -3.69. The maximum Gasteiger partial charge on any atom is 0.264 e. The van der Waals surface area contributed by atoms with Crippen molar-refractivity contribution in [2.24, 2.45) is 5.73 Å². The van der Waals surface area contributed by atoms with E-state index in [1.165, 1.54) is 23.5 Å². The van der Waals surface area contributed by atoms with Crippen LogP contribution in [-0.2, 0) is 4.74 Å². The molecular weight excluding hydrogens is 519 g/mol. The number of thiophene rings is 1. The Labute approximate surface area is 228 Å². The van der Waals surface area contributed by atoms with Crippen LogP contribution in [0, 0.1) is 12.4 Å². The standard InChI is InChI=1S/C28H27FN6O3S/c1-31-21-6-4-16(11-20(21)29)19-13-26(28(37)34-9-2-3-18(30)14-34)39-27(19)17-5-7-23-22(12-17)32-33-35(23)24-15-38-10-8-25(24)36/h4-7,11-13,18,24-25,36H,2-3,8-10,14-15,30H2/t18-,24+,25+/m1/s1. The third-order valence-corrected chi connectivity index (χ3v) is 8.58. The van der Waals surface area contributed by atoms with Crippen molar-refractivity contribution < 1.29 is 19.0 Å². The van der Waals surface area contributed by atoms with Crippen molar-refractivity contribution >= 4 is 34.0 Å².